The highest BCUT2D eigenvalue weighted by atomic mass is 16.5. The molecule has 2 aromatic rings. The molecule has 0 spiro atoms. The summed E-state index contributed by atoms with van der Waals surface area (Å²) in [6.07, 6.45) is 4.70. The molecule has 6 heteroatoms. The number of hydrogen-bond donors (Lipinski definition) is 3. The molecule has 0 radical (unpaired) electrons. The van der Waals surface area contributed by atoms with Gasteiger partial charge < -0.3 is 20.7 Å². The van der Waals surface area contributed by atoms with Crippen molar-refractivity contribution in [3.8, 4) is 5.75 Å². The van der Waals surface area contributed by atoms with E-state index >= 15 is 0 Å². The van der Waals surface area contributed by atoms with Crippen LogP contribution in [0.4, 0.5) is 17.1 Å². The molecule has 2 amide bonds. The van der Waals surface area contributed by atoms with Gasteiger partial charge >= 0.3 is 0 Å². The van der Waals surface area contributed by atoms with Crippen LogP contribution in [0, 0.1) is 5.92 Å². The zero-order chi connectivity index (χ0) is 21.8. The standard InChI is InChI=1S/C24H33N3O3/c1-4-5-6-7-16-30-22-14-12-20(13-15-22)26-23(28)17-25-19-8-10-21(11-9-19)27-24(29)18(2)3/h8-15,18,25H,4-7,16-17H2,1-3H3,(H,26,28)(H,27,29). The largest absolute Gasteiger partial charge is 0.494 e. The lowest BCUT2D eigenvalue weighted by atomic mass is 10.2. The number of carbonyl (C=O) groups is 2. The van der Waals surface area contributed by atoms with Crippen LogP contribution in [0.2, 0.25) is 0 Å². The van der Waals surface area contributed by atoms with Crippen LogP contribution >= 0.6 is 0 Å². The first-order valence-corrected chi connectivity index (χ1v) is 10.7. The Morgan fingerprint density at radius 1 is 0.833 bits per heavy atom. The van der Waals surface area contributed by atoms with Gasteiger partial charge in [0.15, 0.2) is 0 Å². The summed E-state index contributed by atoms with van der Waals surface area (Å²) in [6, 6.07) is 14.7. The normalized spacial score (nSPS) is 10.5. The van der Waals surface area contributed by atoms with Crippen molar-refractivity contribution in [2.24, 2.45) is 5.92 Å². The zero-order valence-electron chi connectivity index (χ0n) is 18.2. The third-order valence-corrected chi connectivity index (χ3v) is 4.53. The molecule has 0 saturated carbocycles. The molecule has 0 aliphatic heterocycles. The maximum Gasteiger partial charge on any atom is 0.243 e. The fraction of sp³-hybridized carbons (Fsp3) is 0.417. The molecule has 2 aromatic carbocycles. The van der Waals surface area contributed by atoms with Gasteiger partial charge in [-0.15, -0.1) is 0 Å². The summed E-state index contributed by atoms with van der Waals surface area (Å²) >= 11 is 0. The highest BCUT2D eigenvalue weighted by Gasteiger charge is 2.07. The Labute approximate surface area is 179 Å². The summed E-state index contributed by atoms with van der Waals surface area (Å²) in [7, 11) is 0. The molecule has 0 heterocycles. The number of nitrogens with one attached hydrogen (secondary N) is 3. The van der Waals surface area contributed by atoms with Gasteiger partial charge in [0.25, 0.3) is 0 Å². The topological polar surface area (TPSA) is 79.5 Å². The Kier molecular flexibility index (Phi) is 9.71. The maximum atomic E-state index is 12.2. The summed E-state index contributed by atoms with van der Waals surface area (Å²) in [4.78, 5) is 23.9. The van der Waals surface area contributed by atoms with E-state index in [1.165, 1.54) is 19.3 Å². The van der Waals surface area contributed by atoms with Crippen molar-refractivity contribution >= 4 is 28.9 Å². The molecule has 3 N–H and O–H groups in total. The number of carbonyl (C=O) groups excluding carboxylic acids is 2. The van der Waals surface area contributed by atoms with Gasteiger partial charge in [-0.3, -0.25) is 9.59 Å². The predicted octanol–water partition coefficient (Wildman–Crippen LogP) is 5.29. The van der Waals surface area contributed by atoms with Gasteiger partial charge in [0.2, 0.25) is 11.8 Å². The second-order valence-corrected chi connectivity index (χ2v) is 7.56. The molecule has 0 aromatic heterocycles. The van der Waals surface area contributed by atoms with E-state index in [0.29, 0.717) is 0 Å². The van der Waals surface area contributed by atoms with Crippen molar-refractivity contribution in [1.82, 2.24) is 0 Å². The molecular weight excluding hydrogens is 378 g/mol. The Balaban J connectivity index is 1.72. The van der Waals surface area contributed by atoms with E-state index in [1.54, 1.807) is 0 Å². The van der Waals surface area contributed by atoms with E-state index in [0.717, 1.165) is 35.8 Å². The molecule has 2 rings (SSSR count). The number of anilines is 3. The first kappa shape index (κ1) is 23.3. The van der Waals surface area contributed by atoms with E-state index in [9.17, 15) is 9.59 Å². The Hall–Kier alpha value is -3.02. The van der Waals surface area contributed by atoms with Crippen LogP contribution < -0.4 is 20.7 Å². The zero-order valence-corrected chi connectivity index (χ0v) is 18.2. The molecule has 0 bridgehead atoms. The highest BCUT2D eigenvalue weighted by molar-refractivity contribution is 5.94. The van der Waals surface area contributed by atoms with Crippen molar-refractivity contribution in [3.05, 3.63) is 48.5 Å². The van der Waals surface area contributed by atoms with Crippen molar-refractivity contribution in [1.29, 1.82) is 0 Å². The van der Waals surface area contributed by atoms with Crippen molar-refractivity contribution < 1.29 is 14.3 Å². The molecule has 0 aliphatic rings. The van der Waals surface area contributed by atoms with Gasteiger partial charge in [-0.05, 0) is 55.0 Å². The second kappa shape index (κ2) is 12.5. The van der Waals surface area contributed by atoms with Crippen LogP contribution in [0.1, 0.15) is 46.5 Å². The lowest BCUT2D eigenvalue weighted by Gasteiger charge is -2.11. The number of rotatable bonds is 12. The van der Waals surface area contributed by atoms with Gasteiger partial charge in [0.1, 0.15) is 5.75 Å². The number of amides is 2. The van der Waals surface area contributed by atoms with Gasteiger partial charge in [0.05, 0.1) is 13.2 Å². The number of benzene rings is 2. The minimum absolute atomic E-state index is 0.0250. The van der Waals surface area contributed by atoms with Crippen molar-refractivity contribution in [2.45, 2.75) is 46.5 Å². The maximum absolute atomic E-state index is 12.2. The monoisotopic (exact) mass is 411 g/mol. The summed E-state index contributed by atoms with van der Waals surface area (Å²) in [5, 5.41) is 8.77. The van der Waals surface area contributed by atoms with E-state index in [1.807, 2.05) is 62.4 Å². The minimum Gasteiger partial charge on any atom is -0.494 e. The quantitative estimate of drug-likeness (QED) is 0.415. The first-order valence-electron chi connectivity index (χ1n) is 10.7. The van der Waals surface area contributed by atoms with Crippen LogP contribution in [-0.4, -0.2) is 25.0 Å². The first-order chi connectivity index (χ1) is 14.5. The Morgan fingerprint density at radius 2 is 1.43 bits per heavy atom. The predicted molar refractivity (Wildman–Crippen MR) is 123 cm³/mol. The van der Waals surface area contributed by atoms with Crippen LogP contribution in [0.5, 0.6) is 5.75 Å². The van der Waals surface area contributed by atoms with Crippen LogP contribution in [-0.2, 0) is 9.59 Å². The van der Waals surface area contributed by atoms with E-state index in [4.69, 9.17) is 4.74 Å². The average Bonchev–Trinajstić information content (AvgIpc) is 2.74. The molecule has 162 valence electrons. The fourth-order valence-corrected chi connectivity index (χ4v) is 2.70. The second-order valence-electron chi connectivity index (χ2n) is 7.56. The lowest BCUT2D eigenvalue weighted by molar-refractivity contribution is -0.119. The summed E-state index contributed by atoms with van der Waals surface area (Å²) < 4.78 is 5.71. The average molecular weight is 412 g/mol. The van der Waals surface area contributed by atoms with Crippen molar-refractivity contribution in [3.63, 3.8) is 0 Å². The number of ether oxygens (including phenoxy) is 1. The molecule has 30 heavy (non-hydrogen) atoms. The fourth-order valence-electron chi connectivity index (χ4n) is 2.70. The molecule has 6 nitrogen and oxygen atoms in total. The summed E-state index contributed by atoms with van der Waals surface area (Å²) in [5.41, 5.74) is 2.27. The van der Waals surface area contributed by atoms with E-state index < -0.39 is 0 Å². The molecule has 0 atom stereocenters. The van der Waals surface area contributed by atoms with Crippen molar-refractivity contribution in [2.75, 3.05) is 29.1 Å². The highest BCUT2D eigenvalue weighted by Crippen LogP contribution is 2.17. The third kappa shape index (κ3) is 8.55. The van der Waals surface area contributed by atoms with Gasteiger partial charge in [-0.2, -0.15) is 0 Å². The minimum atomic E-state index is -0.138. The van der Waals surface area contributed by atoms with Crippen LogP contribution in [0.25, 0.3) is 0 Å². The van der Waals surface area contributed by atoms with E-state index in [-0.39, 0.29) is 24.3 Å². The van der Waals surface area contributed by atoms with Crippen LogP contribution in [0.15, 0.2) is 48.5 Å². The Morgan fingerprint density at radius 3 is 2.07 bits per heavy atom. The van der Waals surface area contributed by atoms with Gasteiger partial charge in [0, 0.05) is 23.0 Å². The van der Waals surface area contributed by atoms with E-state index in [2.05, 4.69) is 22.9 Å². The number of unbranched alkanes of at least 4 members (excludes halogenated alkanes) is 3. The van der Waals surface area contributed by atoms with Gasteiger partial charge in [-0.25, -0.2) is 0 Å². The van der Waals surface area contributed by atoms with Gasteiger partial charge in [-0.1, -0.05) is 40.0 Å². The molecule has 0 unspecified atom stereocenters. The molecule has 0 saturated heterocycles. The number of hydrogen-bond acceptors (Lipinski definition) is 4. The molecule has 0 aliphatic carbocycles. The summed E-state index contributed by atoms with van der Waals surface area (Å²) in [6.45, 7) is 6.75. The molecule has 0 fully saturated rings. The third-order valence-electron chi connectivity index (χ3n) is 4.53. The smallest absolute Gasteiger partial charge is 0.243 e. The summed E-state index contributed by atoms with van der Waals surface area (Å²) in [5.74, 6) is 0.577. The SMILES string of the molecule is CCCCCCOc1ccc(NC(=O)CNc2ccc(NC(=O)C(C)C)cc2)cc1. The lowest BCUT2D eigenvalue weighted by Crippen LogP contribution is -2.21. The molecular formula is C24H33N3O3. The Bertz CT molecular complexity index is 786. The van der Waals surface area contributed by atoms with Crippen LogP contribution in [0.3, 0.4) is 0 Å².